The van der Waals surface area contributed by atoms with Crippen LogP contribution in [0.15, 0.2) is 24.5 Å². The van der Waals surface area contributed by atoms with E-state index in [1.807, 2.05) is 13.0 Å². The highest BCUT2D eigenvalue weighted by molar-refractivity contribution is 6.71. The fourth-order valence-electron chi connectivity index (χ4n) is 1.14. The maximum atomic E-state index is 10.7. The van der Waals surface area contributed by atoms with Gasteiger partial charge in [-0.05, 0) is 33.0 Å². The van der Waals surface area contributed by atoms with E-state index >= 15 is 0 Å². The predicted molar refractivity (Wildman–Crippen MR) is 58.0 cm³/mol. The van der Waals surface area contributed by atoms with E-state index in [1.54, 1.807) is 0 Å². The van der Waals surface area contributed by atoms with Gasteiger partial charge in [0.05, 0.1) is 5.76 Å². The summed E-state index contributed by atoms with van der Waals surface area (Å²) >= 11 is 0. The van der Waals surface area contributed by atoms with Crippen molar-refractivity contribution in [2.75, 3.05) is 0 Å². The van der Waals surface area contributed by atoms with Crippen LogP contribution in [0.4, 0.5) is 0 Å². The van der Waals surface area contributed by atoms with Crippen molar-refractivity contribution in [2.45, 2.75) is 33.0 Å². The molecule has 0 aromatic carbocycles. The Balaban J connectivity index is 4.25. The average molecular weight is 198 g/mol. The summed E-state index contributed by atoms with van der Waals surface area (Å²) in [6.07, 6.45) is 3.39. The van der Waals surface area contributed by atoms with E-state index in [0.29, 0.717) is 5.76 Å². The summed E-state index contributed by atoms with van der Waals surface area (Å²) in [5, 5.41) is 0. The maximum absolute atomic E-state index is 10.7. The smallest absolute Gasteiger partial charge is 0.248 e. The van der Waals surface area contributed by atoms with E-state index in [0.717, 1.165) is 6.04 Å². The monoisotopic (exact) mass is 198 g/mol. The lowest BCUT2D eigenvalue weighted by atomic mass is 10.4. The third-order valence-electron chi connectivity index (χ3n) is 1.48. The van der Waals surface area contributed by atoms with E-state index in [4.69, 9.17) is 4.43 Å². The number of hydrogen-bond acceptors (Lipinski definition) is 2. The molecule has 0 fully saturated rings. The molecule has 0 saturated carbocycles. The molecule has 3 heteroatoms. The number of carbonyl (C=O) groups is 1. The Morgan fingerprint density at radius 3 is 2.38 bits per heavy atom. The van der Waals surface area contributed by atoms with Crippen molar-refractivity contribution in [1.82, 2.24) is 0 Å². The first-order chi connectivity index (χ1) is 5.87. The molecule has 0 N–H and O–H groups in total. The van der Waals surface area contributed by atoms with Crippen LogP contribution < -0.4 is 0 Å². The quantitative estimate of drug-likeness (QED) is 0.294. The number of hydrogen-bond donors (Lipinski definition) is 0. The van der Waals surface area contributed by atoms with Crippen molar-refractivity contribution in [1.29, 1.82) is 0 Å². The number of carbonyl (C=O) groups excluding carboxylic acids is 1. The van der Waals surface area contributed by atoms with Crippen LogP contribution in [-0.4, -0.2) is 14.1 Å². The van der Waals surface area contributed by atoms with Crippen molar-refractivity contribution in [2.24, 2.45) is 0 Å². The van der Waals surface area contributed by atoms with E-state index < -0.39 is 8.32 Å². The molecule has 74 valence electrons. The second kappa shape index (κ2) is 5.02. The molecule has 0 rings (SSSR count). The summed E-state index contributed by atoms with van der Waals surface area (Å²) in [5.41, 5.74) is 0. The fraction of sp³-hybridized carbons (Fsp3) is 0.500. The molecule has 0 heterocycles. The molecule has 0 aliphatic heterocycles. The molecular weight excluding hydrogens is 180 g/mol. The van der Waals surface area contributed by atoms with Gasteiger partial charge in [0.15, 0.2) is 5.78 Å². The lowest BCUT2D eigenvalue weighted by Crippen LogP contribution is -2.28. The standard InChI is InChI=1S/C10H18O2Si/c1-6-7-13(4,5)12-10(3)8-9(2)11/h6,8H,1,7H2,2-5H3. The number of rotatable bonds is 5. The molecule has 0 radical (unpaired) electrons. The normalized spacial score (nSPS) is 12.5. The lowest BCUT2D eigenvalue weighted by molar-refractivity contribution is -0.112. The van der Waals surface area contributed by atoms with E-state index in [1.165, 1.54) is 13.0 Å². The summed E-state index contributed by atoms with van der Waals surface area (Å²) in [6, 6.07) is 0.899. The Labute approximate surface area is 81.4 Å². The minimum absolute atomic E-state index is 0.0286. The number of allylic oxidation sites excluding steroid dienone is 3. The molecule has 0 unspecified atom stereocenters. The van der Waals surface area contributed by atoms with Gasteiger partial charge in [-0.15, -0.1) is 6.58 Å². The minimum Gasteiger partial charge on any atom is -0.547 e. The summed E-state index contributed by atoms with van der Waals surface area (Å²) in [6.45, 7) is 11.2. The van der Waals surface area contributed by atoms with E-state index in [2.05, 4.69) is 19.7 Å². The number of ketones is 1. The third kappa shape index (κ3) is 6.34. The molecule has 0 aromatic rings. The fourth-order valence-corrected chi connectivity index (χ4v) is 2.85. The SMILES string of the molecule is C=CC[Si](C)(C)OC(C)=CC(C)=O. The first kappa shape index (κ1) is 12.2. The van der Waals surface area contributed by atoms with Gasteiger partial charge in [0.1, 0.15) is 0 Å². The van der Waals surface area contributed by atoms with Gasteiger partial charge in [0.2, 0.25) is 8.32 Å². The van der Waals surface area contributed by atoms with Gasteiger partial charge < -0.3 is 4.43 Å². The van der Waals surface area contributed by atoms with Gasteiger partial charge in [-0.2, -0.15) is 0 Å². The molecular formula is C10H18O2Si. The van der Waals surface area contributed by atoms with Crippen LogP contribution in [-0.2, 0) is 9.22 Å². The Morgan fingerprint density at radius 2 is 2.00 bits per heavy atom. The Kier molecular flexibility index (Phi) is 4.70. The van der Waals surface area contributed by atoms with Crippen LogP contribution in [0.25, 0.3) is 0 Å². The second-order valence-electron chi connectivity index (χ2n) is 3.72. The van der Waals surface area contributed by atoms with E-state index in [9.17, 15) is 4.79 Å². The molecule has 13 heavy (non-hydrogen) atoms. The predicted octanol–water partition coefficient (Wildman–Crippen LogP) is 2.89. The summed E-state index contributed by atoms with van der Waals surface area (Å²) in [4.78, 5) is 10.7. The molecule has 0 atom stereocenters. The summed E-state index contributed by atoms with van der Waals surface area (Å²) < 4.78 is 5.70. The van der Waals surface area contributed by atoms with Gasteiger partial charge in [-0.1, -0.05) is 6.08 Å². The molecule has 0 amide bonds. The van der Waals surface area contributed by atoms with Crippen LogP contribution in [0.3, 0.4) is 0 Å². The minimum atomic E-state index is -1.67. The molecule has 0 aliphatic rings. The van der Waals surface area contributed by atoms with Gasteiger partial charge in [0, 0.05) is 6.08 Å². The Hall–Kier alpha value is -0.833. The van der Waals surface area contributed by atoms with Crippen LogP contribution >= 0.6 is 0 Å². The largest absolute Gasteiger partial charge is 0.547 e. The maximum Gasteiger partial charge on any atom is 0.248 e. The first-order valence-corrected chi connectivity index (χ1v) is 7.48. The van der Waals surface area contributed by atoms with Gasteiger partial charge in [-0.3, -0.25) is 4.79 Å². The van der Waals surface area contributed by atoms with Crippen LogP contribution in [0, 0.1) is 0 Å². The molecule has 2 nitrogen and oxygen atoms in total. The molecule has 0 aliphatic carbocycles. The Bertz CT molecular complexity index is 229. The van der Waals surface area contributed by atoms with Crippen LogP contribution in [0.2, 0.25) is 19.1 Å². The Morgan fingerprint density at radius 1 is 1.46 bits per heavy atom. The molecule has 0 saturated heterocycles. The van der Waals surface area contributed by atoms with Gasteiger partial charge >= 0.3 is 0 Å². The molecule has 0 aromatic heterocycles. The van der Waals surface area contributed by atoms with Crippen molar-refractivity contribution >= 4 is 14.1 Å². The second-order valence-corrected chi connectivity index (χ2v) is 7.85. The van der Waals surface area contributed by atoms with Gasteiger partial charge in [-0.25, -0.2) is 0 Å². The zero-order chi connectivity index (χ0) is 10.5. The molecule has 0 spiro atoms. The topological polar surface area (TPSA) is 26.3 Å². The van der Waals surface area contributed by atoms with Crippen molar-refractivity contribution in [3.05, 3.63) is 24.5 Å². The van der Waals surface area contributed by atoms with E-state index in [-0.39, 0.29) is 5.78 Å². The highest BCUT2D eigenvalue weighted by atomic mass is 28.4. The zero-order valence-corrected chi connectivity index (χ0v) is 9.89. The summed E-state index contributed by atoms with van der Waals surface area (Å²) in [5.74, 6) is 0.743. The van der Waals surface area contributed by atoms with Crippen LogP contribution in [0.5, 0.6) is 0 Å². The lowest BCUT2D eigenvalue weighted by Gasteiger charge is -2.22. The van der Waals surface area contributed by atoms with Crippen LogP contribution in [0.1, 0.15) is 13.8 Å². The summed E-state index contributed by atoms with van der Waals surface area (Å²) in [7, 11) is -1.67. The highest BCUT2D eigenvalue weighted by Crippen LogP contribution is 2.15. The van der Waals surface area contributed by atoms with Gasteiger partial charge in [0.25, 0.3) is 0 Å². The van der Waals surface area contributed by atoms with Crippen molar-refractivity contribution in [3.8, 4) is 0 Å². The molecule has 0 bridgehead atoms. The third-order valence-corrected chi connectivity index (χ3v) is 3.63. The zero-order valence-electron chi connectivity index (χ0n) is 8.89. The average Bonchev–Trinajstić information content (AvgIpc) is 1.81. The van der Waals surface area contributed by atoms with Crippen molar-refractivity contribution in [3.63, 3.8) is 0 Å². The first-order valence-electron chi connectivity index (χ1n) is 4.36. The highest BCUT2D eigenvalue weighted by Gasteiger charge is 2.22. The van der Waals surface area contributed by atoms with Crippen molar-refractivity contribution < 1.29 is 9.22 Å².